The fraction of sp³-hybridized carbons (Fsp3) is 0.172. The Bertz CT molecular complexity index is 1160. The van der Waals surface area contributed by atoms with Crippen molar-refractivity contribution in [2.24, 2.45) is 0 Å². The van der Waals surface area contributed by atoms with Gasteiger partial charge in [0.05, 0.1) is 5.41 Å². The molecule has 0 saturated carbocycles. The third kappa shape index (κ3) is 3.67. The minimum absolute atomic E-state index is 0.179. The smallest absolute Gasteiger partial charge is 0.155 e. The second-order valence-corrected chi connectivity index (χ2v) is 8.60. The molecule has 0 fully saturated rings. The Morgan fingerprint density at radius 3 is 1.21 bits per heavy atom. The fourth-order valence-corrected chi connectivity index (χ4v) is 5.23. The highest BCUT2D eigenvalue weighted by Crippen LogP contribution is 2.55. The Hall–Kier alpha value is -3.28. The summed E-state index contributed by atoms with van der Waals surface area (Å²) in [5.74, 6) is 0. The molecule has 1 aliphatic carbocycles. The van der Waals surface area contributed by atoms with Crippen molar-refractivity contribution in [3.05, 3.63) is 130 Å². The molecule has 0 saturated heterocycles. The predicted molar refractivity (Wildman–Crippen MR) is 128 cm³/mol. The molecule has 4 aromatic carbocycles. The Kier molecular flexibility index (Phi) is 5.60. The molecular weight excluding hydrogens is 412 g/mol. The van der Waals surface area contributed by atoms with E-state index in [1.165, 1.54) is 22.3 Å². The van der Waals surface area contributed by atoms with E-state index in [1.54, 1.807) is 0 Å². The normalized spacial score (nSPS) is 13.9. The molecule has 0 aromatic heterocycles. The summed E-state index contributed by atoms with van der Waals surface area (Å²) in [6.07, 6.45) is -2.41. The topological polar surface area (TPSA) is 80.9 Å². The van der Waals surface area contributed by atoms with Gasteiger partial charge in [0, 0.05) is 12.8 Å². The Labute approximate surface area is 193 Å². The zero-order valence-electron chi connectivity index (χ0n) is 18.1. The average Bonchev–Trinajstić information content (AvgIpc) is 3.11. The van der Waals surface area contributed by atoms with E-state index >= 15 is 0 Å². The largest absolute Gasteiger partial charge is 0.368 e. The van der Waals surface area contributed by atoms with Crippen LogP contribution in [-0.4, -0.2) is 33.0 Å². The molecule has 0 aliphatic heterocycles. The molecule has 0 unspecified atom stereocenters. The number of benzene rings is 4. The summed E-state index contributed by atoms with van der Waals surface area (Å²) in [7, 11) is 0. The molecule has 0 radical (unpaired) electrons. The van der Waals surface area contributed by atoms with Crippen LogP contribution >= 0.6 is 0 Å². The lowest BCUT2D eigenvalue weighted by Gasteiger charge is -2.34. The molecule has 0 heterocycles. The number of aliphatic hydroxyl groups is 4. The van der Waals surface area contributed by atoms with E-state index in [2.05, 4.69) is 72.8 Å². The lowest BCUT2D eigenvalue weighted by molar-refractivity contribution is -0.0388. The third-order valence-electron chi connectivity index (χ3n) is 6.56. The molecule has 33 heavy (non-hydrogen) atoms. The first kappa shape index (κ1) is 21.6. The van der Waals surface area contributed by atoms with Gasteiger partial charge in [-0.3, -0.25) is 0 Å². The molecule has 4 aromatic rings. The van der Waals surface area contributed by atoms with E-state index in [-0.39, 0.29) is 12.8 Å². The zero-order valence-corrected chi connectivity index (χ0v) is 18.1. The quantitative estimate of drug-likeness (QED) is 0.304. The van der Waals surface area contributed by atoms with Gasteiger partial charge in [-0.1, -0.05) is 97.1 Å². The first-order valence-corrected chi connectivity index (χ1v) is 11.1. The van der Waals surface area contributed by atoms with Crippen molar-refractivity contribution in [2.75, 3.05) is 0 Å². The minimum atomic E-state index is -1.38. The fourth-order valence-electron chi connectivity index (χ4n) is 5.23. The first-order valence-electron chi connectivity index (χ1n) is 11.1. The van der Waals surface area contributed by atoms with Gasteiger partial charge in [0.1, 0.15) is 0 Å². The van der Waals surface area contributed by atoms with Crippen LogP contribution in [0.4, 0.5) is 0 Å². The van der Waals surface area contributed by atoms with Crippen molar-refractivity contribution >= 4 is 0 Å². The molecule has 166 valence electrons. The highest BCUT2D eigenvalue weighted by molar-refractivity contribution is 5.86. The second kappa shape index (κ2) is 8.58. The summed E-state index contributed by atoms with van der Waals surface area (Å²) in [5, 5.41) is 37.5. The summed E-state index contributed by atoms with van der Waals surface area (Å²) in [6, 6.07) is 33.0. The van der Waals surface area contributed by atoms with E-state index < -0.39 is 18.0 Å². The van der Waals surface area contributed by atoms with E-state index in [9.17, 15) is 20.4 Å². The van der Waals surface area contributed by atoms with Crippen molar-refractivity contribution < 1.29 is 20.4 Å². The Morgan fingerprint density at radius 1 is 0.485 bits per heavy atom. The van der Waals surface area contributed by atoms with E-state index in [0.29, 0.717) is 0 Å². The highest BCUT2D eigenvalue weighted by atomic mass is 16.5. The van der Waals surface area contributed by atoms with Gasteiger partial charge in [-0.15, -0.1) is 0 Å². The van der Waals surface area contributed by atoms with Crippen LogP contribution in [0.5, 0.6) is 0 Å². The molecule has 0 amide bonds. The monoisotopic (exact) mass is 438 g/mol. The van der Waals surface area contributed by atoms with Crippen LogP contribution in [0, 0.1) is 0 Å². The van der Waals surface area contributed by atoms with Gasteiger partial charge in [-0.2, -0.15) is 0 Å². The van der Waals surface area contributed by atoms with Gasteiger partial charge in [0.25, 0.3) is 0 Å². The predicted octanol–water partition coefficient (Wildman–Crippen LogP) is 3.76. The number of hydrogen-bond donors (Lipinski definition) is 4. The third-order valence-corrected chi connectivity index (χ3v) is 6.56. The Morgan fingerprint density at radius 2 is 0.848 bits per heavy atom. The van der Waals surface area contributed by atoms with Crippen LogP contribution in [-0.2, 0) is 18.3 Å². The van der Waals surface area contributed by atoms with E-state index in [4.69, 9.17) is 0 Å². The molecule has 0 atom stereocenters. The van der Waals surface area contributed by atoms with Gasteiger partial charge in [0.2, 0.25) is 0 Å². The maximum absolute atomic E-state index is 9.38. The van der Waals surface area contributed by atoms with Crippen LogP contribution in [0.25, 0.3) is 11.1 Å². The van der Waals surface area contributed by atoms with Crippen LogP contribution in [0.2, 0.25) is 0 Å². The first-order chi connectivity index (χ1) is 16.0. The summed E-state index contributed by atoms with van der Waals surface area (Å²) in [4.78, 5) is 0. The number of rotatable bonds is 6. The standard InChI is InChI=1S/C29H26O4/c30-27(31)17-19-9-13-21(14-10-19)29(22-15-11-20(12-16-22)18-28(32)33)25-7-3-1-5-23(25)24-6-2-4-8-26(24)29/h1-16,27-28,30-33H,17-18H2. The molecule has 0 bridgehead atoms. The summed E-state index contributed by atoms with van der Waals surface area (Å²) < 4.78 is 0. The Balaban J connectivity index is 1.75. The summed E-state index contributed by atoms with van der Waals surface area (Å²) >= 11 is 0. The van der Waals surface area contributed by atoms with Crippen LogP contribution in [0.1, 0.15) is 33.4 Å². The molecule has 0 spiro atoms. The average molecular weight is 439 g/mol. The van der Waals surface area contributed by atoms with Gasteiger partial charge < -0.3 is 20.4 Å². The van der Waals surface area contributed by atoms with Crippen molar-refractivity contribution in [3.63, 3.8) is 0 Å². The molecule has 5 rings (SSSR count). The lowest BCUT2D eigenvalue weighted by Crippen LogP contribution is -2.28. The van der Waals surface area contributed by atoms with Crippen molar-refractivity contribution in [3.8, 4) is 11.1 Å². The van der Waals surface area contributed by atoms with Crippen molar-refractivity contribution in [1.82, 2.24) is 0 Å². The maximum Gasteiger partial charge on any atom is 0.155 e. The zero-order chi connectivity index (χ0) is 23.0. The van der Waals surface area contributed by atoms with Crippen LogP contribution < -0.4 is 0 Å². The van der Waals surface area contributed by atoms with E-state index in [0.717, 1.165) is 22.3 Å². The van der Waals surface area contributed by atoms with Gasteiger partial charge in [-0.25, -0.2) is 0 Å². The SMILES string of the molecule is OC(O)Cc1ccc(C2(c3ccc(CC(O)O)cc3)c3ccccc3-c3ccccc32)cc1. The van der Waals surface area contributed by atoms with Crippen LogP contribution in [0.15, 0.2) is 97.1 Å². The van der Waals surface area contributed by atoms with Gasteiger partial charge >= 0.3 is 0 Å². The van der Waals surface area contributed by atoms with Crippen molar-refractivity contribution in [1.29, 1.82) is 0 Å². The molecule has 4 nitrogen and oxygen atoms in total. The molecule has 4 N–H and O–H groups in total. The minimum Gasteiger partial charge on any atom is -0.368 e. The van der Waals surface area contributed by atoms with Gasteiger partial charge in [-0.05, 0) is 44.5 Å². The molecule has 4 heteroatoms. The number of aliphatic hydroxyl groups excluding tert-OH is 2. The number of hydrogen-bond acceptors (Lipinski definition) is 4. The molecular formula is C29H26O4. The second-order valence-electron chi connectivity index (χ2n) is 8.60. The van der Waals surface area contributed by atoms with Gasteiger partial charge in [0.15, 0.2) is 12.6 Å². The van der Waals surface area contributed by atoms with E-state index in [1.807, 2.05) is 24.3 Å². The van der Waals surface area contributed by atoms with Crippen molar-refractivity contribution in [2.45, 2.75) is 30.8 Å². The highest BCUT2D eigenvalue weighted by Gasteiger charge is 2.45. The maximum atomic E-state index is 9.38. The summed E-state index contributed by atoms with van der Waals surface area (Å²) in [5.41, 5.74) is 8.12. The lowest BCUT2D eigenvalue weighted by atomic mass is 9.67. The van der Waals surface area contributed by atoms with Crippen LogP contribution in [0.3, 0.4) is 0 Å². The molecule has 1 aliphatic rings. The summed E-state index contributed by atoms with van der Waals surface area (Å²) in [6.45, 7) is 0. The number of fused-ring (bicyclic) bond motifs is 3.